The van der Waals surface area contributed by atoms with E-state index in [2.05, 4.69) is 24.3 Å². The van der Waals surface area contributed by atoms with Gasteiger partial charge in [-0.2, -0.15) is 4.37 Å². The van der Waals surface area contributed by atoms with E-state index < -0.39 is 0 Å². The maximum Gasteiger partial charge on any atom is 0.0514 e. The summed E-state index contributed by atoms with van der Waals surface area (Å²) < 4.78 is 4.21. The first-order chi connectivity index (χ1) is 5.59. The summed E-state index contributed by atoms with van der Waals surface area (Å²) in [5, 5.41) is 0. The lowest BCUT2D eigenvalue weighted by atomic mass is 10.0. The molecule has 1 rings (SSSR count). The summed E-state index contributed by atoms with van der Waals surface area (Å²) in [6.45, 7) is 6.38. The summed E-state index contributed by atoms with van der Waals surface area (Å²) in [6.07, 6.45) is 1.04. The lowest BCUT2D eigenvalue weighted by Gasteiger charge is -2.10. The lowest BCUT2D eigenvalue weighted by Crippen LogP contribution is -2.11. The highest BCUT2D eigenvalue weighted by molar-refractivity contribution is 7.05. The predicted molar refractivity (Wildman–Crippen MR) is 53.2 cm³/mol. The van der Waals surface area contributed by atoms with Gasteiger partial charge in [-0.15, -0.1) is 0 Å². The number of rotatable bonds is 3. The van der Waals surface area contributed by atoms with Gasteiger partial charge in [0.2, 0.25) is 0 Å². The fourth-order valence-corrected chi connectivity index (χ4v) is 1.94. The minimum Gasteiger partial charge on any atom is -0.323 e. The van der Waals surface area contributed by atoms with E-state index >= 15 is 0 Å². The Morgan fingerprint density at radius 2 is 2.25 bits per heavy atom. The lowest BCUT2D eigenvalue weighted by molar-refractivity contribution is 0.515. The fraction of sp³-hybridized carbons (Fsp3) is 0.667. The van der Waals surface area contributed by atoms with E-state index in [1.54, 1.807) is 0 Å². The predicted octanol–water partition coefficient (Wildman–Crippen LogP) is 2.50. The normalized spacial score (nSPS) is 13.8. The van der Waals surface area contributed by atoms with Crippen LogP contribution in [0.5, 0.6) is 0 Å². The minimum atomic E-state index is 0.177. The maximum absolute atomic E-state index is 5.98. The van der Waals surface area contributed by atoms with Crippen LogP contribution in [0.4, 0.5) is 0 Å². The van der Waals surface area contributed by atoms with Gasteiger partial charge in [0, 0.05) is 10.9 Å². The van der Waals surface area contributed by atoms with Gasteiger partial charge in [-0.1, -0.05) is 13.8 Å². The molecule has 12 heavy (non-hydrogen) atoms. The molecular weight excluding hydrogens is 168 g/mol. The SMILES string of the molecule is Cc1cc([C@H](N)CC(C)C)sn1. The molecule has 68 valence electrons. The Balaban J connectivity index is 2.58. The smallest absolute Gasteiger partial charge is 0.0514 e. The Labute approximate surface area is 78.0 Å². The van der Waals surface area contributed by atoms with Gasteiger partial charge in [-0.3, -0.25) is 0 Å². The average molecular weight is 184 g/mol. The first kappa shape index (κ1) is 9.68. The molecule has 0 aromatic carbocycles. The Morgan fingerprint density at radius 1 is 1.58 bits per heavy atom. The quantitative estimate of drug-likeness (QED) is 0.784. The van der Waals surface area contributed by atoms with Gasteiger partial charge in [-0.05, 0) is 36.9 Å². The monoisotopic (exact) mass is 184 g/mol. The van der Waals surface area contributed by atoms with Crippen molar-refractivity contribution in [3.63, 3.8) is 0 Å². The third kappa shape index (κ3) is 2.57. The highest BCUT2D eigenvalue weighted by Gasteiger charge is 2.10. The molecule has 0 bridgehead atoms. The zero-order valence-corrected chi connectivity index (χ0v) is 8.69. The Kier molecular flexibility index (Phi) is 3.23. The van der Waals surface area contributed by atoms with Gasteiger partial charge in [0.15, 0.2) is 0 Å². The molecule has 0 spiro atoms. The van der Waals surface area contributed by atoms with Crippen LogP contribution in [0.25, 0.3) is 0 Å². The Bertz CT molecular complexity index is 242. The third-order valence-electron chi connectivity index (χ3n) is 1.74. The van der Waals surface area contributed by atoms with Crippen molar-refractivity contribution in [2.24, 2.45) is 11.7 Å². The van der Waals surface area contributed by atoms with Gasteiger partial charge in [0.05, 0.1) is 5.69 Å². The average Bonchev–Trinajstić information content (AvgIpc) is 2.34. The summed E-state index contributed by atoms with van der Waals surface area (Å²) >= 11 is 1.52. The van der Waals surface area contributed by atoms with Crippen molar-refractivity contribution >= 4 is 11.5 Å². The molecule has 1 atom stereocenters. The second kappa shape index (κ2) is 4.01. The van der Waals surface area contributed by atoms with Gasteiger partial charge in [0.1, 0.15) is 0 Å². The fourth-order valence-electron chi connectivity index (χ4n) is 1.18. The van der Waals surface area contributed by atoms with Crippen molar-refractivity contribution in [1.29, 1.82) is 0 Å². The zero-order valence-electron chi connectivity index (χ0n) is 7.87. The molecule has 0 amide bonds. The highest BCUT2D eigenvalue weighted by Crippen LogP contribution is 2.22. The van der Waals surface area contributed by atoms with E-state index in [9.17, 15) is 0 Å². The second-order valence-electron chi connectivity index (χ2n) is 3.61. The molecule has 0 radical (unpaired) electrons. The number of hydrogen-bond acceptors (Lipinski definition) is 3. The van der Waals surface area contributed by atoms with Crippen molar-refractivity contribution in [3.05, 3.63) is 16.6 Å². The first-order valence-corrected chi connectivity index (χ1v) is 5.05. The molecule has 0 aliphatic rings. The summed E-state index contributed by atoms with van der Waals surface area (Å²) in [4.78, 5) is 1.21. The molecule has 0 aliphatic carbocycles. The number of nitrogens with zero attached hydrogens (tertiary/aromatic N) is 1. The summed E-state index contributed by atoms with van der Waals surface area (Å²) in [5.74, 6) is 0.655. The Hall–Kier alpha value is -0.410. The van der Waals surface area contributed by atoms with Crippen molar-refractivity contribution in [2.45, 2.75) is 33.2 Å². The number of nitrogens with two attached hydrogens (primary N) is 1. The first-order valence-electron chi connectivity index (χ1n) is 4.28. The molecule has 0 saturated heterocycles. The van der Waals surface area contributed by atoms with Crippen LogP contribution in [0.3, 0.4) is 0 Å². The zero-order chi connectivity index (χ0) is 9.14. The summed E-state index contributed by atoms with van der Waals surface area (Å²) in [7, 11) is 0. The van der Waals surface area contributed by atoms with Crippen molar-refractivity contribution in [3.8, 4) is 0 Å². The van der Waals surface area contributed by atoms with E-state index in [1.165, 1.54) is 16.4 Å². The third-order valence-corrected chi connectivity index (χ3v) is 2.75. The molecule has 0 aliphatic heterocycles. The molecule has 2 N–H and O–H groups in total. The van der Waals surface area contributed by atoms with Crippen LogP contribution in [-0.4, -0.2) is 4.37 Å². The molecule has 1 aromatic heterocycles. The molecular formula is C9H16N2S. The van der Waals surface area contributed by atoms with Crippen molar-refractivity contribution < 1.29 is 0 Å². The topological polar surface area (TPSA) is 38.9 Å². The van der Waals surface area contributed by atoms with Gasteiger partial charge >= 0.3 is 0 Å². The molecule has 1 aromatic rings. The van der Waals surface area contributed by atoms with Gasteiger partial charge in [0.25, 0.3) is 0 Å². The van der Waals surface area contributed by atoms with E-state index in [0.717, 1.165) is 12.1 Å². The second-order valence-corrected chi connectivity index (χ2v) is 4.44. The van der Waals surface area contributed by atoms with E-state index in [-0.39, 0.29) is 6.04 Å². The standard InChI is InChI=1S/C9H16N2S/c1-6(2)4-8(10)9-5-7(3)11-12-9/h5-6,8H,4,10H2,1-3H3/t8-/m1/s1. The molecule has 0 unspecified atom stereocenters. The van der Waals surface area contributed by atoms with Crippen LogP contribution in [0.1, 0.15) is 36.9 Å². The van der Waals surface area contributed by atoms with Crippen LogP contribution in [0, 0.1) is 12.8 Å². The number of aromatic nitrogens is 1. The number of hydrogen-bond donors (Lipinski definition) is 1. The van der Waals surface area contributed by atoms with Crippen LogP contribution >= 0.6 is 11.5 Å². The van der Waals surface area contributed by atoms with Crippen LogP contribution in [0.15, 0.2) is 6.07 Å². The van der Waals surface area contributed by atoms with Gasteiger partial charge in [-0.25, -0.2) is 0 Å². The summed E-state index contributed by atoms with van der Waals surface area (Å²) in [6, 6.07) is 2.26. The number of aryl methyl sites for hydroxylation is 1. The highest BCUT2D eigenvalue weighted by atomic mass is 32.1. The Morgan fingerprint density at radius 3 is 2.67 bits per heavy atom. The molecule has 3 heteroatoms. The van der Waals surface area contributed by atoms with E-state index in [1.807, 2.05) is 6.92 Å². The van der Waals surface area contributed by atoms with Crippen LogP contribution in [0.2, 0.25) is 0 Å². The van der Waals surface area contributed by atoms with Crippen LogP contribution < -0.4 is 5.73 Å². The summed E-state index contributed by atoms with van der Waals surface area (Å²) in [5.41, 5.74) is 7.06. The molecule has 1 heterocycles. The van der Waals surface area contributed by atoms with Gasteiger partial charge < -0.3 is 5.73 Å². The van der Waals surface area contributed by atoms with Crippen molar-refractivity contribution in [1.82, 2.24) is 4.37 Å². The maximum atomic E-state index is 5.98. The van der Waals surface area contributed by atoms with Crippen LogP contribution in [-0.2, 0) is 0 Å². The van der Waals surface area contributed by atoms with E-state index in [4.69, 9.17) is 5.73 Å². The minimum absolute atomic E-state index is 0.177. The largest absolute Gasteiger partial charge is 0.323 e. The molecule has 2 nitrogen and oxygen atoms in total. The van der Waals surface area contributed by atoms with E-state index in [0.29, 0.717) is 5.92 Å². The van der Waals surface area contributed by atoms with Crippen molar-refractivity contribution in [2.75, 3.05) is 0 Å². The molecule has 0 fully saturated rings. The molecule has 0 saturated carbocycles.